The molecule has 2 amide bonds. The summed E-state index contributed by atoms with van der Waals surface area (Å²) in [6, 6.07) is 10.2. The molecule has 0 aliphatic carbocycles. The van der Waals surface area contributed by atoms with E-state index in [1.54, 1.807) is 13.2 Å². The molecule has 1 N–H and O–H groups in total. The molecule has 2 aromatic heterocycles. The summed E-state index contributed by atoms with van der Waals surface area (Å²) < 4.78 is 7.38. The fourth-order valence-corrected chi connectivity index (χ4v) is 3.83. The first kappa shape index (κ1) is 18.4. The van der Waals surface area contributed by atoms with E-state index in [1.807, 2.05) is 30.0 Å². The van der Waals surface area contributed by atoms with Crippen molar-refractivity contribution in [2.45, 2.75) is 32.4 Å². The zero-order valence-corrected chi connectivity index (χ0v) is 16.1. The number of ether oxygens (including phenoxy) is 1. The number of carbonyl (C=O) groups excluding carboxylic acids is 1. The molecule has 0 bridgehead atoms. The number of methoxy groups -OCH3 is 1. The van der Waals surface area contributed by atoms with Crippen molar-refractivity contribution in [2.24, 2.45) is 0 Å². The minimum Gasteiger partial charge on any atom is -0.378 e. The van der Waals surface area contributed by atoms with Gasteiger partial charge in [-0.25, -0.2) is 19.7 Å². The predicted molar refractivity (Wildman–Crippen MR) is 106 cm³/mol. The molecular weight excluding hydrogens is 356 g/mol. The number of piperidine rings is 1. The number of urea groups is 1. The largest absolute Gasteiger partial charge is 0.378 e. The van der Waals surface area contributed by atoms with Crippen molar-refractivity contribution in [1.29, 1.82) is 0 Å². The van der Waals surface area contributed by atoms with Crippen molar-refractivity contribution in [3.63, 3.8) is 0 Å². The molecule has 0 saturated carbocycles. The molecule has 4 rings (SSSR count). The van der Waals surface area contributed by atoms with Crippen LogP contribution in [-0.2, 0) is 11.3 Å². The van der Waals surface area contributed by atoms with Crippen molar-refractivity contribution in [3.05, 3.63) is 48.2 Å². The molecule has 8 heteroatoms. The number of aryl methyl sites for hydroxylation is 1. The zero-order chi connectivity index (χ0) is 19.5. The molecular formula is C20H24N6O2. The number of carbonyl (C=O) groups is 1. The molecule has 146 valence electrons. The van der Waals surface area contributed by atoms with Gasteiger partial charge in [0.1, 0.15) is 18.0 Å². The number of likely N-dealkylation sites (tertiary alicyclic amines) is 1. The van der Waals surface area contributed by atoms with Crippen LogP contribution in [0.3, 0.4) is 0 Å². The number of imidazole rings is 1. The Hall–Kier alpha value is -3.00. The molecule has 1 fully saturated rings. The highest BCUT2D eigenvalue weighted by Crippen LogP contribution is 2.28. The Morgan fingerprint density at radius 2 is 2.04 bits per heavy atom. The van der Waals surface area contributed by atoms with Crippen molar-refractivity contribution < 1.29 is 9.53 Å². The fraction of sp³-hybridized carbons (Fsp3) is 0.400. The normalized spacial score (nSPS) is 15.1. The first-order valence-electron chi connectivity index (χ1n) is 9.45. The summed E-state index contributed by atoms with van der Waals surface area (Å²) in [6.45, 7) is 3.82. The number of anilines is 1. The third-order valence-electron chi connectivity index (χ3n) is 5.14. The van der Waals surface area contributed by atoms with Crippen LogP contribution in [-0.4, -0.2) is 50.6 Å². The van der Waals surface area contributed by atoms with Crippen LogP contribution in [0.25, 0.3) is 11.0 Å². The van der Waals surface area contributed by atoms with Gasteiger partial charge in [0, 0.05) is 32.3 Å². The summed E-state index contributed by atoms with van der Waals surface area (Å²) in [5, 5.41) is 2.86. The number of aromatic nitrogens is 4. The van der Waals surface area contributed by atoms with Crippen LogP contribution in [0.1, 0.15) is 30.4 Å². The Balaban J connectivity index is 1.40. The lowest BCUT2D eigenvalue weighted by Crippen LogP contribution is -2.41. The molecule has 8 nitrogen and oxygen atoms in total. The molecule has 28 heavy (non-hydrogen) atoms. The minimum absolute atomic E-state index is 0.132. The van der Waals surface area contributed by atoms with E-state index in [0.717, 1.165) is 35.4 Å². The molecule has 1 aliphatic rings. The van der Waals surface area contributed by atoms with Gasteiger partial charge in [0.25, 0.3) is 0 Å². The maximum absolute atomic E-state index is 12.6. The van der Waals surface area contributed by atoms with E-state index in [2.05, 4.69) is 30.9 Å². The Bertz CT molecular complexity index is 978. The molecule has 0 spiro atoms. The summed E-state index contributed by atoms with van der Waals surface area (Å²) in [7, 11) is 1.61. The molecule has 1 saturated heterocycles. The molecule has 0 unspecified atom stereocenters. The van der Waals surface area contributed by atoms with Gasteiger partial charge in [-0.3, -0.25) is 5.32 Å². The number of hydrogen-bond donors (Lipinski definition) is 1. The van der Waals surface area contributed by atoms with Gasteiger partial charge in [-0.1, -0.05) is 12.1 Å². The van der Waals surface area contributed by atoms with Gasteiger partial charge >= 0.3 is 6.03 Å². The van der Waals surface area contributed by atoms with E-state index in [-0.39, 0.29) is 6.03 Å². The Kier molecular flexibility index (Phi) is 5.21. The van der Waals surface area contributed by atoms with Crippen LogP contribution >= 0.6 is 0 Å². The van der Waals surface area contributed by atoms with Crippen LogP contribution in [0, 0.1) is 6.92 Å². The molecule has 0 radical (unpaired) electrons. The van der Waals surface area contributed by atoms with Gasteiger partial charge in [-0.05, 0) is 31.9 Å². The summed E-state index contributed by atoms with van der Waals surface area (Å²) in [4.78, 5) is 27.3. The Labute approximate surface area is 163 Å². The fourth-order valence-electron chi connectivity index (χ4n) is 3.83. The molecule has 3 aromatic rings. The molecule has 1 aromatic carbocycles. The lowest BCUT2D eigenvalue weighted by Gasteiger charge is -2.33. The maximum atomic E-state index is 12.6. The molecule has 0 atom stereocenters. The quantitative estimate of drug-likeness (QED) is 0.751. The van der Waals surface area contributed by atoms with Gasteiger partial charge < -0.3 is 14.2 Å². The van der Waals surface area contributed by atoms with Crippen LogP contribution in [0.5, 0.6) is 0 Å². The number of hydrogen-bond acceptors (Lipinski definition) is 5. The molecule has 3 heterocycles. The second-order valence-electron chi connectivity index (χ2n) is 6.99. The van der Waals surface area contributed by atoms with E-state index in [4.69, 9.17) is 4.74 Å². The first-order valence-corrected chi connectivity index (χ1v) is 9.45. The Morgan fingerprint density at radius 3 is 2.82 bits per heavy atom. The summed E-state index contributed by atoms with van der Waals surface area (Å²) >= 11 is 0. The highest BCUT2D eigenvalue weighted by molar-refractivity contribution is 5.88. The predicted octanol–water partition coefficient (Wildman–Crippen LogP) is 3.15. The van der Waals surface area contributed by atoms with Crippen LogP contribution in [0.2, 0.25) is 0 Å². The van der Waals surface area contributed by atoms with Crippen molar-refractivity contribution in [1.82, 2.24) is 24.4 Å². The van der Waals surface area contributed by atoms with E-state index < -0.39 is 0 Å². The number of amides is 2. The summed E-state index contributed by atoms with van der Waals surface area (Å²) in [5.41, 5.74) is 2.92. The average molecular weight is 380 g/mol. The first-order chi connectivity index (χ1) is 13.7. The smallest absolute Gasteiger partial charge is 0.323 e. The topological polar surface area (TPSA) is 85.2 Å². The van der Waals surface area contributed by atoms with Gasteiger partial charge in [0.05, 0.1) is 23.3 Å². The lowest BCUT2D eigenvalue weighted by molar-refractivity contribution is 0.181. The van der Waals surface area contributed by atoms with E-state index in [0.29, 0.717) is 31.6 Å². The second kappa shape index (κ2) is 7.93. The number of para-hydroxylation sites is 2. The highest BCUT2D eigenvalue weighted by atomic mass is 16.5. The highest BCUT2D eigenvalue weighted by Gasteiger charge is 2.26. The van der Waals surface area contributed by atoms with Gasteiger partial charge in [-0.2, -0.15) is 0 Å². The van der Waals surface area contributed by atoms with Gasteiger partial charge in [0.2, 0.25) is 0 Å². The average Bonchev–Trinajstić information content (AvgIpc) is 3.04. The van der Waals surface area contributed by atoms with Crippen molar-refractivity contribution in [3.8, 4) is 0 Å². The van der Waals surface area contributed by atoms with E-state index in [1.165, 1.54) is 6.33 Å². The standard InChI is InChI=1S/C20H24N6O2/c1-14-23-17-5-3-4-6-18(17)26(14)16-7-9-25(10-8-16)20(27)24-19-11-15(12-28-2)21-13-22-19/h3-6,11,13,16H,7-10,12H2,1-2H3,(H,21,22,24,27). The van der Waals surface area contributed by atoms with E-state index in [9.17, 15) is 4.79 Å². The third-order valence-corrected chi connectivity index (χ3v) is 5.14. The lowest BCUT2D eigenvalue weighted by atomic mass is 10.0. The number of rotatable bonds is 4. The molecule has 1 aliphatic heterocycles. The second-order valence-corrected chi connectivity index (χ2v) is 6.99. The minimum atomic E-state index is -0.132. The SMILES string of the molecule is COCc1cc(NC(=O)N2CCC(n3c(C)nc4ccccc43)CC2)ncn1. The zero-order valence-electron chi connectivity index (χ0n) is 16.1. The number of fused-ring (bicyclic) bond motifs is 1. The third kappa shape index (κ3) is 3.68. The van der Waals surface area contributed by atoms with Gasteiger partial charge in [-0.15, -0.1) is 0 Å². The Morgan fingerprint density at radius 1 is 1.25 bits per heavy atom. The van der Waals surface area contributed by atoms with Crippen molar-refractivity contribution in [2.75, 3.05) is 25.5 Å². The van der Waals surface area contributed by atoms with Crippen LogP contribution in [0.15, 0.2) is 36.7 Å². The maximum Gasteiger partial charge on any atom is 0.323 e. The number of nitrogens with zero attached hydrogens (tertiary/aromatic N) is 5. The van der Waals surface area contributed by atoms with E-state index >= 15 is 0 Å². The number of benzene rings is 1. The van der Waals surface area contributed by atoms with Crippen molar-refractivity contribution >= 4 is 22.9 Å². The monoisotopic (exact) mass is 380 g/mol. The van der Waals surface area contributed by atoms with Gasteiger partial charge in [0.15, 0.2) is 0 Å². The summed E-state index contributed by atoms with van der Waals surface area (Å²) in [6.07, 6.45) is 3.23. The van der Waals surface area contributed by atoms with Crippen LogP contribution in [0.4, 0.5) is 10.6 Å². The summed E-state index contributed by atoms with van der Waals surface area (Å²) in [5.74, 6) is 1.52. The number of nitrogens with one attached hydrogen (secondary N) is 1. The van der Waals surface area contributed by atoms with Crippen LogP contribution < -0.4 is 5.32 Å².